The Kier molecular flexibility index (Phi) is 4.16. The van der Waals surface area contributed by atoms with Gasteiger partial charge in [-0.15, -0.1) is 0 Å². The van der Waals surface area contributed by atoms with Crippen molar-refractivity contribution in [1.29, 1.82) is 0 Å². The number of aliphatic hydroxyl groups excluding tert-OH is 2. The molecule has 1 aliphatic carbocycles. The van der Waals surface area contributed by atoms with E-state index >= 15 is 0 Å². The van der Waals surface area contributed by atoms with E-state index in [-0.39, 0.29) is 30.5 Å². The van der Waals surface area contributed by atoms with Crippen LogP contribution in [0, 0.1) is 12.3 Å². The molecule has 1 aromatic carbocycles. The van der Waals surface area contributed by atoms with Gasteiger partial charge < -0.3 is 15.1 Å². The van der Waals surface area contributed by atoms with Gasteiger partial charge in [0.25, 0.3) is 5.56 Å². The van der Waals surface area contributed by atoms with Gasteiger partial charge in [-0.3, -0.25) is 14.3 Å². The predicted molar refractivity (Wildman–Crippen MR) is 99.9 cm³/mol. The van der Waals surface area contributed by atoms with E-state index in [4.69, 9.17) is 0 Å². The first-order valence-electron chi connectivity index (χ1n) is 9.24. The van der Waals surface area contributed by atoms with Crippen LogP contribution >= 0.6 is 0 Å². The van der Waals surface area contributed by atoms with Gasteiger partial charge in [0.05, 0.1) is 24.1 Å². The van der Waals surface area contributed by atoms with Gasteiger partial charge in [0.2, 0.25) is 0 Å². The Balaban J connectivity index is 1.78. The third kappa shape index (κ3) is 2.66. The zero-order chi connectivity index (χ0) is 18.5. The molecule has 2 aliphatic rings. The highest BCUT2D eigenvalue weighted by atomic mass is 16.3. The Morgan fingerprint density at radius 3 is 2.38 bits per heavy atom. The van der Waals surface area contributed by atoms with Crippen molar-refractivity contribution < 1.29 is 10.2 Å². The van der Waals surface area contributed by atoms with Crippen LogP contribution in [-0.2, 0) is 0 Å². The number of nitrogens with zero attached hydrogens (tertiary/aromatic N) is 2. The first kappa shape index (κ1) is 17.3. The van der Waals surface area contributed by atoms with E-state index in [0.29, 0.717) is 18.2 Å². The highest BCUT2D eigenvalue weighted by molar-refractivity contribution is 5.86. The zero-order valence-corrected chi connectivity index (χ0v) is 15.0. The molecule has 0 radical (unpaired) electrons. The Labute approximate surface area is 150 Å². The SMILES string of the molecule is Cc1c(N2CCC(CO)(CO)CC2)ccc2c(=O)[nH]c(=O)n(C3CC3)c12. The molecule has 1 aromatic heterocycles. The number of aromatic nitrogens is 2. The summed E-state index contributed by atoms with van der Waals surface area (Å²) in [5, 5.41) is 19.8. The van der Waals surface area contributed by atoms with E-state index < -0.39 is 5.41 Å². The summed E-state index contributed by atoms with van der Waals surface area (Å²) in [6.45, 7) is 3.40. The summed E-state index contributed by atoms with van der Waals surface area (Å²) in [5.74, 6) is 0. The number of hydrogen-bond donors (Lipinski definition) is 3. The average molecular weight is 359 g/mol. The molecule has 2 fully saturated rings. The van der Waals surface area contributed by atoms with Crippen LogP contribution < -0.4 is 16.1 Å². The van der Waals surface area contributed by atoms with Crippen LogP contribution in [0.3, 0.4) is 0 Å². The molecule has 4 rings (SSSR count). The number of rotatable bonds is 4. The summed E-state index contributed by atoms with van der Waals surface area (Å²) in [7, 11) is 0. The van der Waals surface area contributed by atoms with Gasteiger partial charge in [-0.2, -0.15) is 0 Å². The lowest BCUT2D eigenvalue weighted by molar-refractivity contribution is 0.0341. The van der Waals surface area contributed by atoms with E-state index in [2.05, 4.69) is 9.88 Å². The number of nitrogens with one attached hydrogen (secondary N) is 1. The molecule has 7 heteroatoms. The summed E-state index contributed by atoms with van der Waals surface area (Å²) in [5.41, 5.74) is 1.62. The molecule has 0 amide bonds. The molecular formula is C19H25N3O4. The van der Waals surface area contributed by atoms with Crippen LogP contribution in [-0.4, -0.2) is 46.1 Å². The molecule has 2 heterocycles. The molecule has 2 aromatic rings. The number of hydrogen-bond acceptors (Lipinski definition) is 5. The maximum atomic E-state index is 12.4. The third-order valence-electron chi connectivity index (χ3n) is 6.07. The number of fused-ring (bicyclic) bond motifs is 1. The van der Waals surface area contributed by atoms with Crippen LogP contribution in [0.2, 0.25) is 0 Å². The van der Waals surface area contributed by atoms with E-state index in [1.807, 2.05) is 13.0 Å². The maximum absolute atomic E-state index is 12.4. The number of aryl methyl sites for hydroxylation is 1. The minimum absolute atomic E-state index is 0.00928. The highest BCUT2D eigenvalue weighted by Gasteiger charge is 2.34. The fraction of sp³-hybridized carbons (Fsp3) is 0.579. The lowest BCUT2D eigenvalue weighted by atomic mass is 9.80. The Morgan fingerprint density at radius 2 is 1.81 bits per heavy atom. The van der Waals surface area contributed by atoms with Crippen LogP contribution in [0.15, 0.2) is 21.7 Å². The molecule has 1 saturated heterocycles. The van der Waals surface area contributed by atoms with Crippen molar-refractivity contribution in [3.05, 3.63) is 38.5 Å². The normalized spacial score (nSPS) is 19.9. The zero-order valence-electron chi connectivity index (χ0n) is 15.0. The fourth-order valence-corrected chi connectivity index (χ4v) is 4.12. The van der Waals surface area contributed by atoms with Gasteiger partial charge in [-0.1, -0.05) is 0 Å². The number of aliphatic hydroxyl groups is 2. The molecular weight excluding hydrogens is 334 g/mol. The highest BCUT2D eigenvalue weighted by Crippen LogP contribution is 2.39. The Hall–Kier alpha value is -2.12. The number of aromatic amines is 1. The minimum Gasteiger partial charge on any atom is -0.396 e. The fourth-order valence-electron chi connectivity index (χ4n) is 4.12. The van der Waals surface area contributed by atoms with Gasteiger partial charge in [-0.05, 0) is 50.3 Å². The molecule has 7 nitrogen and oxygen atoms in total. The van der Waals surface area contributed by atoms with Crippen molar-refractivity contribution >= 4 is 16.6 Å². The van der Waals surface area contributed by atoms with Crippen LogP contribution in [0.5, 0.6) is 0 Å². The number of anilines is 1. The van der Waals surface area contributed by atoms with Crippen LogP contribution in [0.4, 0.5) is 5.69 Å². The summed E-state index contributed by atoms with van der Waals surface area (Å²) in [4.78, 5) is 29.3. The molecule has 140 valence electrons. The second-order valence-electron chi connectivity index (χ2n) is 7.77. The quantitative estimate of drug-likeness (QED) is 0.754. The lowest BCUT2D eigenvalue weighted by Gasteiger charge is -2.41. The van der Waals surface area contributed by atoms with E-state index in [1.165, 1.54) is 0 Å². The molecule has 0 spiro atoms. The van der Waals surface area contributed by atoms with Crippen molar-refractivity contribution in [2.75, 3.05) is 31.2 Å². The molecule has 0 unspecified atom stereocenters. The standard InChI is InChI=1S/C19H25N3O4/c1-12-15(21-8-6-19(10-23,11-24)7-9-21)5-4-14-16(12)22(13-2-3-13)18(26)20-17(14)25/h4-5,13,23-24H,2-3,6-11H2,1H3,(H,20,25,26). The van der Waals surface area contributed by atoms with Crippen LogP contribution in [0.25, 0.3) is 10.9 Å². The van der Waals surface area contributed by atoms with Gasteiger partial charge in [0.15, 0.2) is 0 Å². The van der Waals surface area contributed by atoms with Crippen molar-refractivity contribution in [2.24, 2.45) is 5.41 Å². The van der Waals surface area contributed by atoms with Crippen molar-refractivity contribution in [3.8, 4) is 0 Å². The van der Waals surface area contributed by atoms with E-state index in [0.717, 1.165) is 42.7 Å². The lowest BCUT2D eigenvalue weighted by Crippen LogP contribution is -2.44. The average Bonchev–Trinajstić information content (AvgIpc) is 3.48. The summed E-state index contributed by atoms with van der Waals surface area (Å²) < 4.78 is 1.74. The molecule has 26 heavy (non-hydrogen) atoms. The summed E-state index contributed by atoms with van der Waals surface area (Å²) >= 11 is 0. The van der Waals surface area contributed by atoms with E-state index in [1.54, 1.807) is 10.6 Å². The first-order chi connectivity index (χ1) is 12.5. The second kappa shape index (κ2) is 6.25. The molecule has 1 aliphatic heterocycles. The number of benzene rings is 1. The monoisotopic (exact) mass is 359 g/mol. The van der Waals surface area contributed by atoms with Crippen molar-refractivity contribution in [1.82, 2.24) is 9.55 Å². The smallest absolute Gasteiger partial charge is 0.329 e. The van der Waals surface area contributed by atoms with Crippen LogP contribution in [0.1, 0.15) is 37.3 Å². The third-order valence-corrected chi connectivity index (χ3v) is 6.07. The van der Waals surface area contributed by atoms with Crippen molar-refractivity contribution in [2.45, 2.75) is 38.6 Å². The number of H-pyrrole nitrogens is 1. The molecule has 3 N–H and O–H groups in total. The van der Waals surface area contributed by atoms with E-state index in [9.17, 15) is 19.8 Å². The second-order valence-corrected chi connectivity index (χ2v) is 7.77. The predicted octanol–water partition coefficient (Wildman–Crippen LogP) is 0.904. The minimum atomic E-state index is -0.408. The summed E-state index contributed by atoms with van der Waals surface area (Å²) in [6.07, 6.45) is 3.35. The number of piperidine rings is 1. The topological polar surface area (TPSA) is 98.6 Å². The van der Waals surface area contributed by atoms with Gasteiger partial charge in [0.1, 0.15) is 0 Å². The van der Waals surface area contributed by atoms with Crippen molar-refractivity contribution in [3.63, 3.8) is 0 Å². The summed E-state index contributed by atoms with van der Waals surface area (Å²) in [6, 6.07) is 3.92. The molecule has 0 atom stereocenters. The molecule has 0 bridgehead atoms. The molecule has 1 saturated carbocycles. The van der Waals surface area contributed by atoms with Gasteiger partial charge in [-0.25, -0.2) is 4.79 Å². The maximum Gasteiger partial charge on any atom is 0.329 e. The van der Waals surface area contributed by atoms with Gasteiger partial charge in [0, 0.05) is 30.2 Å². The first-order valence-corrected chi connectivity index (χ1v) is 9.24. The Bertz CT molecular complexity index is 944. The Morgan fingerprint density at radius 1 is 1.15 bits per heavy atom. The largest absolute Gasteiger partial charge is 0.396 e. The van der Waals surface area contributed by atoms with Gasteiger partial charge >= 0.3 is 5.69 Å².